The summed E-state index contributed by atoms with van der Waals surface area (Å²) in [6.45, 7) is 14.0. The third-order valence-corrected chi connectivity index (χ3v) is 4.88. The van der Waals surface area contributed by atoms with Crippen LogP contribution in [0.25, 0.3) is 0 Å². The molecule has 1 aliphatic rings. The van der Waals surface area contributed by atoms with Crippen molar-refractivity contribution in [2.45, 2.75) is 59.1 Å². The zero-order chi connectivity index (χ0) is 14.0. The highest BCUT2D eigenvalue weighted by molar-refractivity contribution is 5.14. The molecule has 0 amide bonds. The second-order valence-electron chi connectivity index (χ2n) is 6.74. The highest BCUT2D eigenvalue weighted by Gasteiger charge is 2.58. The third kappa shape index (κ3) is 3.06. The molecule has 3 atom stereocenters. The van der Waals surface area contributed by atoms with Gasteiger partial charge in [-0.05, 0) is 26.3 Å². The molecular formula is C15H32N2O. The topological polar surface area (TPSA) is 38.5 Å². The van der Waals surface area contributed by atoms with Crippen LogP contribution in [-0.4, -0.2) is 43.3 Å². The quantitative estimate of drug-likeness (QED) is 0.760. The van der Waals surface area contributed by atoms with E-state index in [1.54, 1.807) is 0 Å². The number of ether oxygens (including phenoxy) is 1. The molecule has 108 valence electrons. The molecule has 18 heavy (non-hydrogen) atoms. The van der Waals surface area contributed by atoms with Gasteiger partial charge in [0.25, 0.3) is 0 Å². The van der Waals surface area contributed by atoms with Gasteiger partial charge in [-0.3, -0.25) is 0 Å². The molecule has 3 nitrogen and oxygen atoms in total. The minimum Gasteiger partial charge on any atom is -0.378 e. The zero-order valence-electron chi connectivity index (χ0n) is 13.1. The van der Waals surface area contributed by atoms with E-state index in [1.807, 2.05) is 0 Å². The molecule has 3 unspecified atom stereocenters. The molecule has 0 aliphatic heterocycles. The molecule has 0 aromatic rings. The highest BCUT2D eigenvalue weighted by atomic mass is 16.5. The Bertz CT molecular complexity index is 267. The molecule has 0 radical (unpaired) electrons. The van der Waals surface area contributed by atoms with E-state index >= 15 is 0 Å². The Morgan fingerprint density at radius 2 is 2.00 bits per heavy atom. The van der Waals surface area contributed by atoms with Gasteiger partial charge in [0, 0.05) is 30.7 Å². The van der Waals surface area contributed by atoms with Crippen LogP contribution in [0.15, 0.2) is 0 Å². The summed E-state index contributed by atoms with van der Waals surface area (Å²) in [5.41, 5.74) is 6.57. The van der Waals surface area contributed by atoms with Gasteiger partial charge in [0.05, 0.1) is 6.10 Å². The summed E-state index contributed by atoms with van der Waals surface area (Å²) < 4.78 is 5.77. The van der Waals surface area contributed by atoms with Crippen LogP contribution in [0.3, 0.4) is 0 Å². The molecule has 0 spiro atoms. The van der Waals surface area contributed by atoms with Crippen LogP contribution >= 0.6 is 0 Å². The van der Waals surface area contributed by atoms with Crippen LogP contribution in [-0.2, 0) is 4.74 Å². The summed E-state index contributed by atoms with van der Waals surface area (Å²) in [6, 6.07) is 0. The van der Waals surface area contributed by atoms with Crippen LogP contribution < -0.4 is 5.73 Å². The summed E-state index contributed by atoms with van der Waals surface area (Å²) >= 11 is 0. The first kappa shape index (κ1) is 15.9. The lowest BCUT2D eigenvalue weighted by molar-refractivity contribution is -0.155. The predicted molar refractivity (Wildman–Crippen MR) is 77.7 cm³/mol. The maximum absolute atomic E-state index is 6.60. The fraction of sp³-hybridized carbons (Fsp3) is 1.00. The number of likely N-dealkylation sites (N-methyl/N-ethyl adjacent to an activating group) is 1. The smallest absolute Gasteiger partial charge is 0.0662 e. The van der Waals surface area contributed by atoms with Gasteiger partial charge in [-0.1, -0.05) is 34.1 Å². The van der Waals surface area contributed by atoms with Gasteiger partial charge in [0.15, 0.2) is 0 Å². The van der Waals surface area contributed by atoms with Crippen molar-refractivity contribution in [1.82, 2.24) is 4.90 Å². The second-order valence-corrected chi connectivity index (χ2v) is 6.74. The van der Waals surface area contributed by atoms with Crippen molar-refractivity contribution < 1.29 is 4.74 Å². The number of nitrogens with two attached hydrogens (primary N) is 1. The lowest BCUT2D eigenvalue weighted by atomic mass is 9.54. The molecule has 0 aromatic heterocycles. The van der Waals surface area contributed by atoms with Gasteiger partial charge in [0.2, 0.25) is 0 Å². The van der Waals surface area contributed by atoms with Crippen LogP contribution in [0, 0.1) is 11.3 Å². The van der Waals surface area contributed by atoms with Crippen molar-refractivity contribution >= 4 is 0 Å². The largest absolute Gasteiger partial charge is 0.378 e. The average Bonchev–Trinajstić information content (AvgIpc) is 2.28. The van der Waals surface area contributed by atoms with Crippen LogP contribution in [0.1, 0.15) is 47.5 Å². The summed E-state index contributed by atoms with van der Waals surface area (Å²) in [5.74, 6) is 0.740. The summed E-state index contributed by atoms with van der Waals surface area (Å²) in [4.78, 5) is 2.39. The van der Waals surface area contributed by atoms with Gasteiger partial charge in [-0.15, -0.1) is 0 Å². The minimum absolute atomic E-state index is 0.0761. The van der Waals surface area contributed by atoms with E-state index < -0.39 is 0 Å². The molecule has 0 bridgehead atoms. The van der Waals surface area contributed by atoms with Crippen molar-refractivity contribution in [3.8, 4) is 0 Å². The Hall–Kier alpha value is -0.120. The summed E-state index contributed by atoms with van der Waals surface area (Å²) in [5, 5.41) is 0. The van der Waals surface area contributed by atoms with E-state index in [2.05, 4.69) is 46.6 Å². The summed E-state index contributed by atoms with van der Waals surface area (Å²) in [6.07, 6.45) is 2.54. The molecule has 1 saturated carbocycles. The number of hydrogen-bond acceptors (Lipinski definition) is 3. The van der Waals surface area contributed by atoms with Crippen molar-refractivity contribution in [2.75, 3.05) is 26.7 Å². The second kappa shape index (κ2) is 5.89. The molecule has 2 N–H and O–H groups in total. The van der Waals surface area contributed by atoms with Crippen molar-refractivity contribution in [3.63, 3.8) is 0 Å². The fourth-order valence-electron chi connectivity index (χ4n) is 2.98. The van der Waals surface area contributed by atoms with E-state index in [-0.39, 0.29) is 11.0 Å². The van der Waals surface area contributed by atoms with Crippen LogP contribution in [0.4, 0.5) is 0 Å². The van der Waals surface area contributed by atoms with Gasteiger partial charge in [-0.2, -0.15) is 0 Å². The molecule has 3 heteroatoms. The first-order valence-electron chi connectivity index (χ1n) is 7.35. The molecule has 0 aromatic carbocycles. The standard InChI is InChI=1S/C15H32N2O/c1-7-12(3)10-17(6)11-15(16)9-13(18-8-2)14(15,4)5/h12-13H,7-11,16H2,1-6H3. The van der Waals surface area contributed by atoms with Gasteiger partial charge in [-0.25, -0.2) is 0 Å². The van der Waals surface area contributed by atoms with Gasteiger partial charge < -0.3 is 15.4 Å². The Kier molecular flexibility index (Phi) is 5.22. The van der Waals surface area contributed by atoms with E-state index in [1.165, 1.54) is 6.42 Å². The lowest BCUT2D eigenvalue weighted by Crippen LogP contribution is -2.73. The normalized spacial score (nSPS) is 32.3. The van der Waals surface area contributed by atoms with E-state index in [9.17, 15) is 0 Å². The highest BCUT2D eigenvalue weighted by Crippen LogP contribution is 2.49. The molecule has 1 fully saturated rings. The van der Waals surface area contributed by atoms with Crippen LogP contribution in [0.2, 0.25) is 0 Å². The Labute approximate surface area is 113 Å². The first-order chi connectivity index (χ1) is 8.26. The average molecular weight is 256 g/mol. The van der Waals surface area contributed by atoms with E-state index in [4.69, 9.17) is 10.5 Å². The summed E-state index contributed by atoms with van der Waals surface area (Å²) in [7, 11) is 2.19. The molecular weight excluding hydrogens is 224 g/mol. The Balaban J connectivity index is 2.52. The SMILES string of the molecule is CCOC1CC(N)(CN(C)CC(C)CC)C1(C)C. The van der Waals surface area contributed by atoms with E-state index in [0.717, 1.165) is 32.0 Å². The number of nitrogens with zero attached hydrogens (tertiary/aromatic N) is 1. The molecule has 1 aliphatic carbocycles. The maximum Gasteiger partial charge on any atom is 0.0662 e. The van der Waals surface area contributed by atoms with E-state index in [0.29, 0.717) is 6.10 Å². The minimum atomic E-state index is -0.102. The third-order valence-electron chi connectivity index (χ3n) is 4.88. The zero-order valence-corrected chi connectivity index (χ0v) is 13.1. The predicted octanol–water partition coefficient (Wildman–Crippen LogP) is 2.50. The molecule has 1 rings (SSSR count). The maximum atomic E-state index is 6.60. The lowest BCUT2D eigenvalue weighted by Gasteiger charge is -2.60. The van der Waals surface area contributed by atoms with Gasteiger partial charge in [0.1, 0.15) is 0 Å². The monoisotopic (exact) mass is 256 g/mol. The number of rotatable bonds is 7. The Morgan fingerprint density at radius 3 is 2.44 bits per heavy atom. The fourth-order valence-corrected chi connectivity index (χ4v) is 2.98. The van der Waals surface area contributed by atoms with Gasteiger partial charge >= 0.3 is 0 Å². The molecule has 0 heterocycles. The van der Waals surface area contributed by atoms with Crippen molar-refractivity contribution in [2.24, 2.45) is 17.1 Å². The Morgan fingerprint density at radius 1 is 1.39 bits per heavy atom. The van der Waals surface area contributed by atoms with Crippen molar-refractivity contribution in [1.29, 1.82) is 0 Å². The first-order valence-corrected chi connectivity index (χ1v) is 7.35. The molecule has 0 saturated heterocycles. The number of hydrogen-bond donors (Lipinski definition) is 1. The van der Waals surface area contributed by atoms with Crippen molar-refractivity contribution in [3.05, 3.63) is 0 Å². The van der Waals surface area contributed by atoms with Crippen LogP contribution in [0.5, 0.6) is 0 Å².